The Balaban J connectivity index is 1.61. The Morgan fingerprint density at radius 1 is 1.09 bits per heavy atom. The lowest BCUT2D eigenvalue weighted by Gasteiger charge is -2.31. The second kappa shape index (κ2) is 9.05. The number of aromatic carboxylic acids is 1. The number of nitrogens with one attached hydrogen (secondary N) is 2. The fourth-order valence-electron chi connectivity index (χ4n) is 4.22. The lowest BCUT2D eigenvalue weighted by atomic mass is 10.0. The first-order valence-electron chi connectivity index (χ1n) is 10.9. The van der Waals surface area contributed by atoms with Gasteiger partial charge in [-0.15, -0.1) is 0 Å². The van der Waals surface area contributed by atoms with Crippen LogP contribution in [0, 0.1) is 11.6 Å². The maximum atomic E-state index is 15.3. The van der Waals surface area contributed by atoms with Gasteiger partial charge in [-0.3, -0.25) is 4.79 Å². The van der Waals surface area contributed by atoms with E-state index in [1.165, 1.54) is 10.8 Å². The lowest BCUT2D eigenvalue weighted by molar-refractivity contribution is 0.0694. The van der Waals surface area contributed by atoms with Crippen LogP contribution in [0.2, 0.25) is 0 Å². The number of anilines is 2. The normalized spacial score (nSPS) is 14.4. The molecule has 0 amide bonds. The Kier molecular flexibility index (Phi) is 5.77. The number of pyridine rings is 2. The van der Waals surface area contributed by atoms with E-state index >= 15 is 8.78 Å². The lowest BCUT2D eigenvalue weighted by Crippen LogP contribution is -2.30. The van der Waals surface area contributed by atoms with Crippen LogP contribution in [0.4, 0.5) is 20.3 Å². The van der Waals surface area contributed by atoms with Crippen molar-refractivity contribution in [3.8, 4) is 5.75 Å². The van der Waals surface area contributed by atoms with Gasteiger partial charge in [0.2, 0.25) is 5.43 Å². The molecule has 0 saturated carbocycles. The van der Waals surface area contributed by atoms with Gasteiger partial charge < -0.3 is 25.0 Å². The van der Waals surface area contributed by atoms with E-state index in [0.717, 1.165) is 5.56 Å². The van der Waals surface area contributed by atoms with Crippen LogP contribution in [0.3, 0.4) is 0 Å². The molecule has 1 unspecified atom stereocenters. The molecule has 178 valence electrons. The summed E-state index contributed by atoms with van der Waals surface area (Å²) in [4.78, 5) is 28.8. The van der Waals surface area contributed by atoms with Crippen molar-refractivity contribution in [1.82, 2.24) is 9.55 Å². The van der Waals surface area contributed by atoms with Gasteiger partial charge in [-0.2, -0.15) is 0 Å². The highest BCUT2D eigenvalue weighted by atomic mass is 19.2. The fourth-order valence-corrected chi connectivity index (χ4v) is 4.22. The number of benzene rings is 2. The van der Waals surface area contributed by atoms with Gasteiger partial charge in [0.1, 0.15) is 29.2 Å². The summed E-state index contributed by atoms with van der Waals surface area (Å²) < 4.78 is 37.8. The van der Waals surface area contributed by atoms with Gasteiger partial charge in [-0.05, 0) is 17.7 Å². The Morgan fingerprint density at radius 3 is 2.54 bits per heavy atom. The molecule has 35 heavy (non-hydrogen) atoms. The van der Waals surface area contributed by atoms with Crippen molar-refractivity contribution in [2.24, 2.45) is 0 Å². The number of aromatic nitrogens is 2. The molecule has 0 radical (unpaired) electrons. The van der Waals surface area contributed by atoms with E-state index in [9.17, 15) is 14.7 Å². The Bertz CT molecular complexity index is 1480. The Hall–Kier alpha value is -4.47. The number of carbonyl (C=O) groups is 1. The summed E-state index contributed by atoms with van der Waals surface area (Å²) in [5.74, 6) is -3.68. The van der Waals surface area contributed by atoms with E-state index in [2.05, 4.69) is 15.6 Å². The molecule has 3 heterocycles. The second-order valence-electron chi connectivity index (χ2n) is 7.95. The number of hydrogen-bond donors (Lipinski definition) is 3. The molecule has 0 spiro atoms. The molecule has 3 N–H and O–H groups in total. The summed E-state index contributed by atoms with van der Waals surface area (Å²) in [7, 11) is 0. The van der Waals surface area contributed by atoms with E-state index in [4.69, 9.17) is 4.74 Å². The summed E-state index contributed by atoms with van der Waals surface area (Å²) in [5, 5.41) is 14.8. The molecular formula is C25H20F2N4O4. The molecule has 5 rings (SSSR count). The highest BCUT2D eigenvalue weighted by Gasteiger charge is 2.33. The molecule has 0 bridgehead atoms. The molecule has 0 saturated heterocycles. The van der Waals surface area contributed by atoms with Crippen LogP contribution in [-0.4, -0.2) is 40.3 Å². The third kappa shape index (κ3) is 3.92. The number of carboxylic acids is 1. The molecule has 2 aromatic carbocycles. The van der Waals surface area contributed by atoms with Crippen LogP contribution in [0.25, 0.3) is 10.9 Å². The van der Waals surface area contributed by atoms with Crippen LogP contribution >= 0.6 is 0 Å². The van der Waals surface area contributed by atoms with Gasteiger partial charge in [0.25, 0.3) is 0 Å². The SMILES string of the molecule is O=C(O)c1cn2c3c(c(NCCNc4ccccn4)c(F)c(F)c3c1=O)OCC2c1ccccc1. The van der Waals surface area contributed by atoms with Crippen LogP contribution in [-0.2, 0) is 0 Å². The van der Waals surface area contributed by atoms with Crippen molar-refractivity contribution in [2.75, 3.05) is 30.3 Å². The predicted molar refractivity (Wildman–Crippen MR) is 126 cm³/mol. The van der Waals surface area contributed by atoms with Crippen molar-refractivity contribution in [1.29, 1.82) is 0 Å². The average Bonchev–Trinajstić information content (AvgIpc) is 2.88. The number of rotatable bonds is 7. The molecular weight excluding hydrogens is 458 g/mol. The van der Waals surface area contributed by atoms with Crippen molar-refractivity contribution in [3.63, 3.8) is 0 Å². The first-order chi connectivity index (χ1) is 17.0. The number of ether oxygens (including phenoxy) is 1. The smallest absolute Gasteiger partial charge is 0.341 e. The van der Waals surface area contributed by atoms with Gasteiger partial charge in [-0.1, -0.05) is 36.4 Å². The van der Waals surface area contributed by atoms with Crippen LogP contribution in [0.5, 0.6) is 5.75 Å². The summed E-state index contributed by atoms with van der Waals surface area (Å²) in [6.07, 6.45) is 2.79. The van der Waals surface area contributed by atoms with Gasteiger partial charge in [-0.25, -0.2) is 18.6 Å². The predicted octanol–water partition coefficient (Wildman–Crippen LogP) is 3.88. The number of halogens is 2. The third-order valence-corrected chi connectivity index (χ3v) is 5.84. The first-order valence-corrected chi connectivity index (χ1v) is 10.9. The minimum atomic E-state index is -1.52. The Morgan fingerprint density at radius 2 is 1.83 bits per heavy atom. The highest BCUT2D eigenvalue weighted by Crippen LogP contribution is 2.42. The molecule has 4 aromatic rings. The maximum absolute atomic E-state index is 15.3. The number of hydrogen-bond acceptors (Lipinski definition) is 6. The first kappa shape index (κ1) is 22.3. The van der Waals surface area contributed by atoms with Crippen LogP contribution in [0.1, 0.15) is 22.0 Å². The molecule has 8 nitrogen and oxygen atoms in total. The van der Waals surface area contributed by atoms with E-state index < -0.39 is 40.0 Å². The van der Waals surface area contributed by atoms with Crippen molar-refractivity contribution < 1.29 is 23.4 Å². The van der Waals surface area contributed by atoms with Crippen LogP contribution < -0.4 is 20.8 Å². The number of nitrogens with zero attached hydrogens (tertiary/aromatic N) is 2. The average molecular weight is 478 g/mol. The molecule has 2 aromatic heterocycles. The summed E-state index contributed by atoms with van der Waals surface area (Å²) in [6.45, 7) is 0.557. The van der Waals surface area contributed by atoms with E-state index in [1.54, 1.807) is 30.5 Å². The van der Waals surface area contributed by atoms with Gasteiger partial charge >= 0.3 is 5.97 Å². The maximum Gasteiger partial charge on any atom is 0.341 e. The minimum Gasteiger partial charge on any atom is -0.487 e. The highest BCUT2D eigenvalue weighted by molar-refractivity contribution is 5.97. The second-order valence-corrected chi connectivity index (χ2v) is 7.95. The zero-order valence-electron chi connectivity index (χ0n) is 18.3. The molecule has 1 aliphatic heterocycles. The quantitative estimate of drug-likeness (QED) is 0.346. The zero-order chi connectivity index (χ0) is 24.5. The largest absolute Gasteiger partial charge is 0.487 e. The molecule has 10 heteroatoms. The minimum absolute atomic E-state index is 0.000752. The van der Waals surface area contributed by atoms with Crippen molar-refractivity contribution in [3.05, 3.63) is 93.9 Å². The van der Waals surface area contributed by atoms with Gasteiger partial charge in [0.15, 0.2) is 17.4 Å². The van der Waals surface area contributed by atoms with E-state index in [1.807, 2.05) is 24.3 Å². The third-order valence-electron chi connectivity index (χ3n) is 5.84. The van der Waals surface area contributed by atoms with E-state index in [0.29, 0.717) is 12.4 Å². The molecule has 0 aliphatic carbocycles. The van der Waals surface area contributed by atoms with Crippen LogP contribution in [0.15, 0.2) is 65.7 Å². The molecule has 1 aliphatic rings. The van der Waals surface area contributed by atoms with Crippen molar-refractivity contribution in [2.45, 2.75) is 6.04 Å². The topological polar surface area (TPSA) is 105 Å². The van der Waals surface area contributed by atoms with Gasteiger partial charge in [0.05, 0.1) is 11.4 Å². The molecule has 0 fully saturated rings. The molecule has 1 atom stereocenters. The van der Waals surface area contributed by atoms with Crippen molar-refractivity contribution >= 4 is 28.4 Å². The Labute approximate surface area is 197 Å². The number of carboxylic acid groups (broad SMARTS) is 1. The summed E-state index contributed by atoms with van der Waals surface area (Å²) in [6, 6.07) is 13.9. The standard InChI is InChI=1S/C25H20F2N4O4/c26-19-18-22-24(21(20(19)27)30-11-10-29-17-8-4-5-9-28-17)35-13-16(14-6-2-1-3-7-14)31(22)12-15(23(18)32)25(33)34/h1-9,12,16,30H,10-11,13H2,(H,28,29)(H,33,34). The zero-order valence-corrected chi connectivity index (χ0v) is 18.3. The monoisotopic (exact) mass is 478 g/mol. The fraction of sp³-hybridized carbons (Fsp3) is 0.160. The summed E-state index contributed by atoms with van der Waals surface area (Å²) >= 11 is 0. The van der Waals surface area contributed by atoms with E-state index in [-0.39, 0.29) is 30.1 Å². The van der Waals surface area contributed by atoms with Gasteiger partial charge in [0, 0.05) is 25.5 Å². The summed E-state index contributed by atoms with van der Waals surface area (Å²) in [5.41, 5.74) is -1.23.